The highest BCUT2D eigenvalue weighted by atomic mass is 35.5. The van der Waals surface area contributed by atoms with Gasteiger partial charge in [-0.1, -0.05) is 23.2 Å². The van der Waals surface area contributed by atoms with Crippen LogP contribution in [0.3, 0.4) is 0 Å². The summed E-state index contributed by atoms with van der Waals surface area (Å²) < 4.78 is 69.2. The van der Waals surface area contributed by atoms with E-state index in [1.807, 2.05) is 4.90 Å². The van der Waals surface area contributed by atoms with Crippen LogP contribution in [-0.2, 0) is 10.0 Å². The second-order valence-electron chi connectivity index (χ2n) is 8.75. The lowest BCUT2D eigenvalue weighted by Gasteiger charge is -2.50. The van der Waals surface area contributed by atoms with Gasteiger partial charge in [-0.05, 0) is 25.0 Å². The number of sulfonamides is 1. The molecule has 15 heteroatoms. The highest BCUT2D eigenvalue weighted by Gasteiger charge is 2.48. The van der Waals surface area contributed by atoms with Crippen molar-refractivity contribution in [2.24, 2.45) is 15.9 Å². The number of nitrogens with one attached hydrogen (secondary N) is 1. The lowest BCUT2D eigenvalue weighted by atomic mass is 9.78. The van der Waals surface area contributed by atoms with Gasteiger partial charge in [-0.15, -0.1) is 0 Å². The average molecular weight is 571 g/mol. The summed E-state index contributed by atoms with van der Waals surface area (Å²) in [6.45, 7) is 0.506. The van der Waals surface area contributed by atoms with Gasteiger partial charge in [0, 0.05) is 63.2 Å². The van der Waals surface area contributed by atoms with Gasteiger partial charge in [-0.25, -0.2) is 21.6 Å². The minimum absolute atomic E-state index is 0.0286. The zero-order valence-corrected chi connectivity index (χ0v) is 21.8. The first-order valence-electron chi connectivity index (χ1n) is 11.1. The fourth-order valence-electron chi connectivity index (χ4n) is 4.59. The van der Waals surface area contributed by atoms with Crippen molar-refractivity contribution in [2.45, 2.75) is 37.1 Å². The van der Waals surface area contributed by atoms with Crippen molar-refractivity contribution in [1.82, 2.24) is 14.5 Å². The number of amides is 1. The summed E-state index contributed by atoms with van der Waals surface area (Å²) in [5, 5.41) is 5.41. The normalized spacial score (nSPS) is 21.6. The van der Waals surface area contributed by atoms with Gasteiger partial charge in [0.2, 0.25) is 11.0 Å². The van der Waals surface area contributed by atoms with Crippen LogP contribution in [0.2, 0.25) is 10.0 Å². The molecule has 0 bridgehead atoms. The number of piperazine rings is 1. The van der Waals surface area contributed by atoms with Gasteiger partial charge in [0.1, 0.15) is 5.82 Å². The molecule has 1 amide bonds. The molecule has 2 aliphatic rings. The molecule has 1 heterocycles. The van der Waals surface area contributed by atoms with Crippen LogP contribution in [0.15, 0.2) is 22.2 Å². The van der Waals surface area contributed by atoms with Gasteiger partial charge in [0.05, 0.1) is 16.8 Å². The molecule has 0 aromatic heterocycles. The van der Waals surface area contributed by atoms with Crippen LogP contribution in [0, 0.1) is 5.82 Å². The molecule has 0 spiro atoms. The highest BCUT2D eigenvalue weighted by molar-refractivity contribution is 8.06. The Morgan fingerprint density at radius 1 is 1.17 bits per heavy atom. The summed E-state index contributed by atoms with van der Waals surface area (Å²) >= 11 is 11.8. The van der Waals surface area contributed by atoms with Gasteiger partial charge >= 0.3 is 0 Å². The first-order chi connectivity index (χ1) is 16.8. The average Bonchev–Trinajstić information content (AvgIpc) is 2.81. The summed E-state index contributed by atoms with van der Waals surface area (Å²) in [7, 11) is -2.59. The van der Waals surface area contributed by atoms with E-state index < -0.39 is 46.1 Å². The zero-order chi connectivity index (χ0) is 26.7. The molecule has 1 aliphatic carbocycles. The Morgan fingerprint density at radius 3 is 2.31 bits per heavy atom. The van der Waals surface area contributed by atoms with E-state index in [0.717, 1.165) is 12.3 Å². The van der Waals surface area contributed by atoms with Crippen molar-refractivity contribution >= 4 is 50.4 Å². The third-order valence-electron chi connectivity index (χ3n) is 6.60. The number of hydrazone groups is 1. The summed E-state index contributed by atoms with van der Waals surface area (Å²) in [5.74, 6) is 0.678. The van der Waals surface area contributed by atoms with Crippen LogP contribution in [-0.4, -0.2) is 86.0 Å². The van der Waals surface area contributed by atoms with Gasteiger partial charge < -0.3 is 11.2 Å². The molecule has 9 nitrogen and oxygen atoms in total. The molecule has 0 radical (unpaired) electrons. The van der Waals surface area contributed by atoms with Crippen molar-refractivity contribution in [3.05, 3.63) is 33.6 Å². The summed E-state index contributed by atoms with van der Waals surface area (Å²) in [6.07, 6.45) is 0.371. The van der Waals surface area contributed by atoms with Crippen LogP contribution in [0.5, 0.6) is 0 Å². The van der Waals surface area contributed by atoms with Crippen LogP contribution < -0.4 is 11.2 Å². The van der Waals surface area contributed by atoms with E-state index in [9.17, 15) is 26.4 Å². The van der Waals surface area contributed by atoms with Crippen LogP contribution in [0.1, 0.15) is 36.0 Å². The fraction of sp³-hybridized carbons (Fsp3) is 0.571. The summed E-state index contributed by atoms with van der Waals surface area (Å²) in [4.78, 5) is 18.3. The molecular weight excluding hydrogens is 544 g/mol. The number of nitrogens with two attached hydrogens (primary N) is 1. The molecule has 200 valence electrons. The molecule has 2 fully saturated rings. The number of alkyl halides is 2. The third kappa shape index (κ3) is 6.13. The van der Waals surface area contributed by atoms with E-state index in [4.69, 9.17) is 29.0 Å². The van der Waals surface area contributed by atoms with E-state index in [1.165, 1.54) is 17.4 Å². The van der Waals surface area contributed by atoms with E-state index in [2.05, 4.69) is 15.4 Å². The Bertz CT molecular complexity index is 1120. The topological polar surface area (TPSA) is 120 Å². The standard InChI is InChI=1S/C21H27Cl2F3N6O3S/c1-28-12-17(30-27)36(34,35)32-8-6-31(7-9-32)20(2-4-21(25,26)5-3-20)13-29-19(33)18-15(23)10-14(22)11-16(18)24/h10-12H,2-9,13,27H2,1H3,(H,29,33). The SMILES string of the molecule is CN=CC(=NN)S(=O)(=O)N1CCN(C2(CNC(=O)c3c(F)cc(Cl)cc3Cl)CCC(F)(F)CC2)CC1. The van der Waals surface area contributed by atoms with Crippen LogP contribution in [0.25, 0.3) is 0 Å². The maximum absolute atomic E-state index is 14.4. The number of aliphatic imine (C=N–C) groups is 1. The van der Waals surface area contributed by atoms with E-state index in [-0.39, 0.29) is 66.2 Å². The highest BCUT2D eigenvalue weighted by Crippen LogP contribution is 2.42. The quantitative estimate of drug-likeness (QED) is 0.236. The minimum atomic E-state index is -3.98. The van der Waals surface area contributed by atoms with E-state index >= 15 is 0 Å². The smallest absolute Gasteiger partial charge is 0.263 e. The van der Waals surface area contributed by atoms with Crippen molar-refractivity contribution in [2.75, 3.05) is 39.8 Å². The first-order valence-corrected chi connectivity index (χ1v) is 13.3. The number of rotatable bonds is 6. The molecule has 3 rings (SSSR count). The second kappa shape index (κ2) is 11.2. The number of nitrogens with zero attached hydrogens (tertiary/aromatic N) is 4. The Kier molecular flexibility index (Phi) is 8.92. The van der Waals surface area contributed by atoms with Crippen molar-refractivity contribution in [3.63, 3.8) is 0 Å². The molecule has 0 unspecified atom stereocenters. The maximum atomic E-state index is 14.4. The number of carbonyl (C=O) groups is 1. The zero-order valence-electron chi connectivity index (χ0n) is 19.5. The number of halogens is 5. The largest absolute Gasteiger partial charge is 0.350 e. The van der Waals surface area contributed by atoms with Crippen LogP contribution in [0.4, 0.5) is 13.2 Å². The van der Waals surface area contributed by atoms with Gasteiger partial charge in [0.25, 0.3) is 15.9 Å². The second-order valence-corrected chi connectivity index (χ2v) is 11.5. The third-order valence-corrected chi connectivity index (χ3v) is 8.91. The Hall–Kier alpha value is -1.93. The molecule has 1 aromatic rings. The van der Waals surface area contributed by atoms with Crippen LogP contribution >= 0.6 is 23.2 Å². The lowest BCUT2D eigenvalue weighted by molar-refractivity contribution is -0.0855. The Morgan fingerprint density at radius 2 is 1.78 bits per heavy atom. The van der Waals surface area contributed by atoms with Gasteiger partial charge in [-0.3, -0.25) is 14.7 Å². The van der Waals surface area contributed by atoms with E-state index in [1.54, 1.807) is 0 Å². The predicted molar refractivity (Wildman–Crippen MR) is 133 cm³/mol. The lowest BCUT2D eigenvalue weighted by Crippen LogP contribution is -2.63. The maximum Gasteiger partial charge on any atom is 0.263 e. The molecular formula is C21H27Cl2F3N6O3S. The first kappa shape index (κ1) is 28.6. The van der Waals surface area contributed by atoms with Gasteiger partial charge in [-0.2, -0.15) is 9.41 Å². The monoisotopic (exact) mass is 570 g/mol. The van der Waals surface area contributed by atoms with Crippen molar-refractivity contribution in [1.29, 1.82) is 0 Å². The molecule has 36 heavy (non-hydrogen) atoms. The van der Waals surface area contributed by atoms with Gasteiger partial charge in [0.15, 0.2) is 0 Å². The molecule has 1 aromatic carbocycles. The fourth-order valence-corrected chi connectivity index (χ4v) is 6.43. The molecule has 1 saturated carbocycles. The van der Waals surface area contributed by atoms with Crippen molar-refractivity contribution < 1.29 is 26.4 Å². The molecule has 1 aliphatic heterocycles. The minimum Gasteiger partial charge on any atom is -0.350 e. The predicted octanol–water partition coefficient (Wildman–Crippen LogP) is 2.73. The number of benzene rings is 1. The molecule has 0 atom stereocenters. The Balaban J connectivity index is 1.77. The number of hydrogen-bond donors (Lipinski definition) is 2. The molecule has 1 saturated heterocycles. The Labute approximate surface area is 217 Å². The number of carbonyl (C=O) groups excluding carboxylic acids is 1. The molecule has 3 N–H and O–H groups in total. The summed E-state index contributed by atoms with van der Waals surface area (Å²) in [5.41, 5.74) is -1.27. The van der Waals surface area contributed by atoms with Crippen molar-refractivity contribution in [3.8, 4) is 0 Å². The summed E-state index contributed by atoms with van der Waals surface area (Å²) in [6, 6.07) is 2.20. The van der Waals surface area contributed by atoms with E-state index in [0.29, 0.717) is 0 Å². The number of hydrogen-bond acceptors (Lipinski definition) is 7.